The number of hydrogen-bond acceptors (Lipinski definition) is 5. The first-order chi connectivity index (χ1) is 18.5. The zero-order chi connectivity index (χ0) is 27.9. The minimum Gasteiger partial charge on any atom is -0.378 e. The second-order valence-electron chi connectivity index (χ2n) is 11.5. The summed E-state index contributed by atoms with van der Waals surface area (Å²) in [6.45, 7) is 9.83. The summed E-state index contributed by atoms with van der Waals surface area (Å²) in [5.74, 6) is 1.79. The van der Waals surface area contributed by atoms with Crippen LogP contribution < -0.4 is 10.5 Å². The standard InChI is InChI=1S/C32H36ClN5O/c1-21(2)28(38-20-32(3,4)35-29(38)23-13-10-14-25(17-23)36(5)6)30-34-27-18-24(33)15-16-26(27)31(39)37(30)19-22-11-8-7-9-12-22/h7-18,21,28H,19-20H2,1-6H3. The van der Waals surface area contributed by atoms with E-state index >= 15 is 0 Å². The van der Waals surface area contributed by atoms with Gasteiger partial charge < -0.3 is 9.80 Å². The first-order valence-corrected chi connectivity index (χ1v) is 13.8. The largest absolute Gasteiger partial charge is 0.378 e. The Kier molecular flexibility index (Phi) is 7.25. The number of aromatic nitrogens is 2. The molecule has 0 N–H and O–H groups in total. The van der Waals surface area contributed by atoms with E-state index in [2.05, 4.69) is 61.8 Å². The highest BCUT2D eigenvalue weighted by molar-refractivity contribution is 6.31. The second kappa shape index (κ2) is 10.5. The molecule has 0 saturated carbocycles. The van der Waals surface area contributed by atoms with Crippen molar-refractivity contribution in [3.63, 3.8) is 0 Å². The van der Waals surface area contributed by atoms with Gasteiger partial charge in [0.1, 0.15) is 11.7 Å². The molecule has 0 amide bonds. The summed E-state index contributed by atoms with van der Waals surface area (Å²) < 4.78 is 1.84. The van der Waals surface area contributed by atoms with Crippen molar-refractivity contribution in [2.75, 3.05) is 25.5 Å². The molecule has 0 spiro atoms. The van der Waals surface area contributed by atoms with Gasteiger partial charge in [-0.3, -0.25) is 14.4 Å². The minimum atomic E-state index is -0.290. The Morgan fingerprint density at radius 3 is 2.44 bits per heavy atom. The zero-order valence-corrected chi connectivity index (χ0v) is 24.3. The van der Waals surface area contributed by atoms with E-state index in [1.54, 1.807) is 18.2 Å². The number of fused-ring (bicyclic) bond motifs is 1. The van der Waals surface area contributed by atoms with Crippen LogP contribution in [-0.4, -0.2) is 46.5 Å². The maximum atomic E-state index is 14.0. The summed E-state index contributed by atoms with van der Waals surface area (Å²) in [7, 11) is 4.08. The Morgan fingerprint density at radius 2 is 1.74 bits per heavy atom. The van der Waals surface area contributed by atoms with E-state index in [4.69, 9.17) is 21.6 Å². The normalized spacial score (nSPS) is 15.6. The molecule has 202 valence electrons. The predicted octanol–water partition coefficient (Wildman–Crippen LogP) is 6.40. The molecule has 0 radical (unpaired) electrons. The highest BCUT2D eigenvalue weighted by Gasteiger charge is 2.40. The fraction of sp³-hybridized carbons (Fsp3) is 0.344. The van der Waals surface area contributed by atoms with Crippen molar-refractivity contribution in [1.82, 2.24) is 14.5 Å². The maximum Gasteiger partial charge on any atom is 0.261 e. The lowest BCUT2D eigenvalue weighted by molar-refractivity contribution is 0.225. The van der Waals surface area contributed by atoms with Crippen LogP contribution in [0.4, 0.5) is 5.69 Å². The molecular weight excluding hydrogens is 506 g/mol. The van der Waals surface area contributed by atoms with Gasteiger partial charge in [0, 0.05) is 36.9 Å². The molecule has 0 aliphatic carbocycles. The van der Waals surface area contributed by atoms with Crippen LogP contribution >= 0.6 is 11.6 Å². The van der Waals surface area contributed by atoms with Crippen LogP contribution in [0.3, 0.4) is 0 Å². The minimum absolute atomic E-state index is 0.0623. The van der Waals surface area contributed by atoms with Gasteiger partial charge in [0.05, 0.1) is 29.0 Å². The van der Waals surface area contributed by atoms with Crippen molar-refractivity contribution in [1.29, 1.82) is 0 Å². The highest BCUT2D eigenvalue weighted by atomic mass is 35.5. The van der Waals surface area contributed by atoms with Gasteiger partial charge in [0.2, 0.25) is 0 Å². The summed E-state index contributed by atoms with van der Waals surface area (Å²) in [6.07, 6.45) is 0. The molecule has 0 fully saturated rings. The number of anilines is 1. The van der Waals surface area contributed by atoms with Crippen LogP contribution in [0.15, 0.2) is 82.6 Å². The van der Waals surface area contributed by atoms with Crippen molar-refractivity contribution in [2.45, 2.75) is 45.8 Å². The average molecular weight is 542 g/mol. The van der Waals surface area contributed by atoms with Crippen LogP contribution in [0.25, 0.3) is 10.9 Å². The molecule has 1 unspecified atom stereocenters. The number of aliphatic imine (C=N–C) groups is 1. The number of amidine groups is 1. The molecular formula is C32H36ClN5O. The second-order valence-corrected chi connectivity index (χ2v) is 12.0. The SMILES string of the molecule is CC(C)C(c1nc2cc(Cl)ccc2c(=O)n1Cc1ccccc1)N1CC(C)(C)N=C1c1cccc(N(C)C)c1. The van der Waals surface area contributed by atoms with Gasteiger partial charge in [-0.2, -0.15) is 0 Å². The van der Waals surface area contributed by atoms with E-state index < -0.39 is 0 Å². The smallest absolute Gasteiger partial charge is 0.261 e. The molecule has 6 nitrogen and oxygen atoms in total. The van der Waals surface area contributed by atoms with Gasteiger partial charge in [-0.15, -0.1) is 0 Å². The number of nitrogens with zero attached hydrogens (tertiary/aromatic N) is 5. The van der Waals surface area contributed by atoms with Crippen LogP contribution in [-0.2, 0) is 6.54 Å². The van der Waals surface area contributed by atoms with Gasteiger partial charge in [-0.05, 0) is 55.7 Å². The van der Waals surface area contributed by atoms with E-state index in [0.29, 0.717) is 29.0 Å². The van der Waals surface area contributed by atoms with Gasteiger partial charge >= 0.3 is 0 Å². The third-order valence-electron chi connectivity index (χ3n) is 7.22. The monoisotopic (exact) mass is 541 g/mol. The fourth-order valence-corrected chi connectivity index (χ4v) is 5.58. The van der Waals surface area contributed by atoms with Crippen molar-refractivity contribution in [2.24, 2.45) is 10.9 Å². The van der Waals surface area contributed by atoms with Crippen molar-refractivity contribution in [3.8, 4) is 0 Å². The van der Waals surface area contributed by atoms with E-state index in [9.17, 15) is 4.79 Å². The third-order valence-corrected chi connectivity index (χ3v) is 7.46. The lowest BCUT2D eigenvalue weighted by Crippen LogP contribution is -2.42. The van der Waals surface area contributed by atoms with E-state index in [0.717, 1.165) is 28.5 Å². The molecule has 4 aromatic rings. The molecule has 1 atom stereocenters. The van der Waals surface area contributed by atoms with Gasteiger partial charge in [0.15, 0.2) is 0 Å². The predicted molar refractivity (Wildman–Crippen MR) is 162 cm³/mol. The summed E-state index contributed by atoms with van der Waals surface area (Å²) >= 11 is 6.36. The van der Waals surface area contributed by atoms with E-state index in [-0.39, 0.29) is 23.1 Å². The number of benzene rings is 3. The Balaban J connectivity index is 1.72. The molecule has 1 aliphatic heterocycles. The van der Waals surface area contributed by atoms with E-state index in [1.807, 2.05) is 49.0 Å². The molecule has 39 heavy (non-hydrogen) atoms. The van der Waals surface area contributed by atoms with Crippen LogP contribution in [0.1, 0.15) is 50.7 Å². The Bertz CT molecular complexity index is 1590. The Labute approximate surface area is 235 Å². The molecule has 0 bridgehead atoms. The summed E-state index contributed by atoms with van der Waals surface area (Å²) in [6, 6.07) is 23.7. The molecule has 3 aromatic carbocycles. The van der Waals surface area contributed by atoms with Crippen LogP contribution in [0, 0.1) is 5.92 Å². The van der Waals surface area contributed by atoms with Crippen molar-refractivity contribution in [3.05, 3.63) is 105 Å². The lowest BCUT2D eigenvalue weighted by Gasteiger charge is -2.35. The first-order valence-electron chi connectivity index (χ1n) is 13.4. The van der Waals surface area contributed by atoms with Gasteiger partial charge in [-0.1, -0.05) is 67.9 Å². The van der Waals surface area contributed by atoms with Gasteiger partial charge in [0.25, 0.3) is 5.56 Å². The molecule has 2 heterocycles. The summed E-state index contributed by atoms with van der Waals surface area (Å²) in [5.41, 5.74) is 3.48. The number of rotatable bonds is 7. The molecule has 1 aliphatic rings. The summed E-state index contributed by atoms with van der Waals surface area (Å²) in [5, 5.41) is 1.13. The molecule has 7 heteroatoms. The fourth-order valence-electron chi connectivity index (χ4n) is 5.42. The van der Waals surface area contributed by atoms with Crippen LogP contribution in [0.2, 0.25) is 5.02 Å². The Hall–Kier alpha value is -3.64. The molecule has 1 aromatic heterocycles. The molecule has 5 rings (SSSR count). The van der Waals surface area contributed by atoms with Crippen LogP contribution in [0.5, 0.6) is 0 Å². The van der Waals surface area contributed by atoms with Gasteiger partial charge in [-0.25, -0.2) is 4.98 Å². The van der Waals surface area contributed by atoms with E-state index in [1.165, 1.54) is 0 Å². The maximum absolute atomic E-state index is 14.0. The quantitative estimate of drug-likeness (QED) is 0.271. The van der Waals surface area contributed by atoms with Crippen molar-refractivity contribution < 1.29 is 0 Å². The first kappa shape index (κ1) is 26.9. The Morgan fingerprint density at radius 1 is 1.00 bits per heavy atom. The third kappa shape index (κ3) is 5.44. The highest BCUT2D eigenvalue weighted by Crippen LogP contribution is 2.36. The lowest BCUT2D eigenvalue weighted by atomic mass is 9.98. The summed E-state index contributed by atoms with van der Waals surface area (Å²) in [4.78, 5) is 28.8. The zero-order valence-electron chi connectivity index (χ0n) is 23.5. The van der Waals surface area contributed by atoms with Crippen molar-refractivity contribution >= 4 is 34.0 Å². The number of hydrogen-bond donors (Lipinski definition) is 0. The number of halogens is 1. The molecule has 0 saturated heterocycles. The topological polar surface area (TPSA) is 53.7 Å². The average Bonchev–Trinajstić information content (AvgIpc) is 3.21.